The van der Waals surface area contributed by atoms with Crippen molar-refractivity contribution in [1.29, 1.82) is 0 Å². The van der Waals surface area contributed by atoms with Crippen molar-refractivity contribution in [2.24, 2.45) is 0 Å². The molecule has 10 nitrogen and oxygen atoms in total. The number of nitrogens with zero attached hydrogens (tertiary/aromatic N) is 6. The summed E-state index contributed by atoms with van der Waals surface area (Å²) in [6.07, 6.45) is 0.682. The Morgan fingerprint density at radius 3 is 2.50 bits per heavy atom. The van der Waals surface area contributed by atoms with E-state index in [2.05, 4.69) is 19.9 Å². The number of thiazole rings is 1. The molecule has 3 aromatic rings. The summed E-state index contributed by atoms with van der Waals surface area (Å²) < 4.78 is 1.47. The van der Waals surface area contributed by atoms with Crippen LogP contribution in [0.2, 0.25) is 0 Å². The van der Waals surface area contributed by atoms with E-state index in [4.69, 9.17) is 0 Å². The monoisotopic (exact) mass is 432 g/mol. The van der Waals surface area contributed by atoms with Gasteiger partial charge in [0.1, 0.15) is 0 Å². The first-order valence-electron chi connectivity index (χ1n) is 9.90. The molecule has 3 heterocycles. The van der Waals surface area contributed by atoms with Crippen LogP contribution < -0.4 is 0 Å². The van der Waals surface area contributed by atoms with Crippen LogP contribution in [0.4, 0.5) is 5.69 Å². The number of aliphatic hydroxyl groups excluding tert-OH is 1. The molecule has 0 radical (unpaired) electrons. The molecule has 1 aromatic carbocycles. The minimum absolute atomic E-state index is 0.0322. The van der Waals surface area contributed by atoms with Crippen molar-refractivity contribution < 1.29 is 15.1 Å². The van der Waals surface area contributed by atoms with Crippen LogP contribution in [0.15, 0.2) is 24.3 Å². The van der Waals surface area contributed by atoms with Crippen molar-refractivity contribution in [3.8, 4) is 5.88 Å². The molecule has 1 fully saturated rings. The lowest BCUT2D eigenvalue weighted by Crippen LogP contribution is -2.48. The minimum Gasteiger partial charge on any atom is -0.492 e. The number of nitro groups is 1. The van der Waals surface area contributed by atoms with Crippen LogP contribution in [0.1, 0.15) is 29.2 Å². The number of benzene rings is 1. The number of aliphatic hydroxyl groups is 1. The fourth-order valence-corrected chi connectivity index (χ4v) is 4.95. The minimum atomic E-state index is -0.417. The van der Waals surface area contributed by atoms with E-state index in [-0.39, 0.29) is 24.2 Å². The summed E-state index contributed by atoms with van der Waals surface area (Å²) in [7, 11) is 0. The molecule has 0 bridgehead atoms. The zero-order valence-corrected chi connectivity index (χ0v) is 17.5. The number of piperazine rings is 1. The van der Waals surface area contributed by atoms with Crippen LogP contribution in [-0.2, 0) is 6.42 Å². The van der Waals surface area contributed by atoms with E-state index >= 15 is 0 Å². The zero-order chi connectivity index (χ0) is 21.3. The van der Waals surface area contributed by atoms with Crippen LogP contribution in [-0.4, -0.2) is 78.9 Å². The Morgan fingerprint density at radius 2 is 1.93 bits per heavy atom. The summed E-state index contributed by atoms with van der Waals surface area (Å²) in [5, 5.41) is 35.6. The normalized spacial score (nSPS) is 16.9. The van der Waals surface area contributed by atoms with Gasteiger partial charge in [0.15, 0.2) is 5.82 Å². The maximum absolute atomic E-state index is 11.1. The molecule has 1 atom stereocenters. The number of non-ortho nitro benzene ring substituents is 1. The second-order valence-corrected chi connectivity index (χ2v) is 8.23. The molecule has 4 rings (SSSR count). The van der Waals surface area contributed by atoms with Crippen molar-refractivity contribution >= 4 is 22.0 Å². The molecule has 0 spiro atoms. The summed E-state index contributed by atoms with van der Waals surface area (Å²) in [5.74, 6) is 0.732. The van der Waals surface area contributed by atoms with Gasteiger partial charge in [0.05, 0.1) is 22.4 Å². The van der Waals surface area contributed by atoms with E-state index in [1.165, 1.54) is 28.0 Å². The van der Waals surface area contributed by atoms with Gasteiger partial charge in [0.2, 0.25) is 10.8 Å². The van der Waals surface area contributed by atoms with E-state index in [1.807, 2.05) is 6.92 Å². The topological polar surface area (TPSA) is 120 Å². The predicted octanol–water partition coefficient (Wildman–Crippen LogP) is 1.67. The lowest BCUT2D eigenvalue weighted by molar-refractivity contribution is -0.384. The summed E-state index contributed by atoms with van der Waals surface area (Å²) in [5.41, 5.74) is 0.899. The number of fused-ring (bicyclic) bond motifs is 1. The summed E-state index contributed by atoms with van der Waals surface area (Å²) in [6, 6.07) is 6.22. The molecular formula is C19H24N6O4S. The third kappa shape index (κ3) is 3.88. The lowest BCUT2D eigenvalue weighted by atomic mass is 10.0. The van der Waals surface area contributed by atoms with Crippen LogP contribution in [0.3, 0.4) is 0 Å². The molecule has 0 aliphatic carbocycles. The first kappa shape index (κ1) is 20.7. The van der Waals surface area contributed by atoms with E-state index in [1.54, 1.807) is 12.1 Å². The molecule has 2 N–H and O–H groups in total. The van der Waals surface area contributed by atoms with Gasteiger partial charge in [-0.3, -0.25) is 19.9 Å². The Bertz CT molecular complexity index is 1030. The van der Waals surface area contributed by atoms with Crippen molar-refractivity contribution in [2.45, 2.75) is 19.4 Å². The quantitative estimate of drug-likeness (QED) is 0.427. The third-order valence-corrected chi connectivity index (χ3v) is 6.49. The second-order valence-electron chi connectivity index (χ2n) is 7.22. The molecule has 11 heteroatoms. The van der Waals surface area contributed by atoms with Gasteiger partial charge in [-0.15, -0.1) is 5.10 Å². The van der Waals surface area contributed by atoms with Gasteiger partial charge in [0.25, 0.3) is 5.69 Å². The van der Waals surface area contributed by atoms with Crippen LogP contribution in [0.5, 0.6) is 5.88 Å². The zero-order valence-electron chi connectivity index (χ0n) is 16.6. The molecule has 1 aliphatic heterocycles. The second kappa shape index (κ2) is 8.64. The first-order chi connectivity index (χ1) is 14.5. The van der Waals surface area contributed by atoms with Crippen molar-refractivity contribution in [2.75, 3.05) is 39.3 Å². The van der Waals surface area contributed by atoms with E-state index in [0.29, 0.717) is 23.8 Å². The van der Waals surface area contributed by atoms with Gasteiger partial charge >= 0.3 is 0 Å². The Labute approximate surface area is 177 Å². The number of aryl methyl sites for hydroxylation is 1. The number of β-amino-alcohol motifs (C(OH)–C–C–N with tert-alkyl or cyclic N) is 1. The number of aromatic hydroxyl groups is 1. The number of nitro benzene ring substituents is 1. The Morgan fingerprint density at radius 1 is 1.23 bits per heavy atom. The first-order valence-corrected chi connectivity index (χ1v) is 10.7. The Hall–Kier alpha value is -2.60. The number of rotatable bonds is 7. The largest absolute Gasteiger partial charge is 0.492 e. The molecule has 0 saturated carbocycles. The van der Waals surface area contributed by atoms with Gasteiger partial charge in [0, 0.05) is 51.3 Å². The van der Waals surface area contributed by atoms with Crippen molar-refractivity contribution in [3.05, 3.63) is 50.6 Å². The molecule has 1 saturated heterocycles. The highest BCUT2D eigenvalue weighted by molar-refractivity contribution is 7.17. The molecule has 2 aromatic heterocycles. The number of hydrogen-bond donors (Lipinski definition) is 2. The van der Waals surface area contributed by atoms with E-state index < -0.39 is 4.92 Å². The molecule has 1 aliphatic rings. The Kier molecular flexibility index (Phi) is 5.95. The van der Waals surface area contributed by atoms with Gasteiger partial charge < -0.3 is 10.2 Å². The van der Waals surface area contributed by atoms with Crippen molar-refractivity contribution in [1.82, 2.24) is 24.4 Å². The SMILES string of the molecule is CCc1nc2sc(C(c3ccc([N+](=O)[O-])cc3)N3CCN(CCO)CC3)c(O)n2n1. The van der Waals surface area contributed by atoms with Gasteiger partial charge in [-0.1, -0.05) is 30.4 Å². The molecule has 160 valence electrons. The van der Waals surface area contributed by atoms with Gasteiger partial charge in [-0.25, -0.2) is 4.98 Å². The number of hydrogen-bond acceptors (Lipinski definition) is 9. The number of aromatic nitrogens is 3. The Balaban J connectivity index is 1.71. The highest BCUT2D eigenvalue weighted by atomic mass is 32.1. The maximum atomic E-state index is 11.1. The molecule has 1 unspecified atom stereocenters. The van der Waals surface area contributed by atoms with E-state index in [0.717, 1.165) is 36.6 Å². The maximum Gasteiger partial charge on any atom is 0.269 e. The average Bonchev–Trinajstić information content (AvgIpc) is 3.29. The van der Waals surface area contributed by atoms with Crippen LogP contribution >= 0.6 is 11.3 Å². The average molecular weight is 433 g/mol. The predicted molar refractivity (Wildman–Crippen MR) is 112 cm³/mol. The smallest absolute Gasteiger partial charge is 0.269 e. The summed E-state index contributed by atoms with van der Waals surface area (Å²) >= 11 is 1.39. The van der Waals surface area contributed by atoms with Crippen LogP contribution in [0.25, 0.3) is 4.96 Å². The fraction of sp³-hybridized carbons (Fsp3) is 0.474. The highest BCUT2D eigenvalue weighted by Gasteiger charge is 2.32. The fourth-order valence-electron chi connectivity index (χ4n) is 3.81. The lowest BCUT2D eigenvalue weighted by Gasteiger charge is -2.38. The van der Waals surface area contributed by atoms with Gasteiger partial charge in [-0.2, -0.15) is 4.52 Å². The van der Waals surface area contributed by atoms with Crippen LogP contribution in [0, 0.1) is 10.1 Å². The molecular weight excluding hydrogens is 408 g/mol. The summed E-state index contributed by atoms with van der Waals surface area (Å²) in [6.45, 7) is 5.81. The van der Waals surface area contributed by atoms with Gasteiger partial charge in [-0.05, 0) is 5.56 Å². The third-order valence-electron chi connectivity index (χ3n) is 5.42. The van der Waals surface area contributed by atoms with Crippen molar-refractivity contribution in [3.63, 3.8) is 0 Å². The standard InChI is InChI=1S/C19H24N6O4S/c1-2-15-20-19-24(21-15)18(27)17(30-19)16(13-3-5-14(6-4-13)25(28)29)23-9-7-22(8-10-23)11-12-26/h3-6,16,26-27H,2,7-12H2,1H3. The van der Waals surface area contributed by atoms with E-state index in [9.17, 15) is 20.3 Å². The summed E-state index contributed by atoms with van der Waals surface area (Å²) in [4.78, 5) is 20.9. The molecule has 30 heavy (non-hydrogen) atoms. The highest BCUT2D eigenvalue weighted by Crippen LogP contribution is 2.40. The molecule has 0 amide bonds.